The molecule has 3 aliphatic carbocycles. The van der Waals surface area contributed by atoms with E-state index in [2.05, 4.69) is 48.0 Å². The number of benzene rings is 2. The van der Waals surface area contributed by atoms with E-state index in [1.165, 1.54) is 31.2 Å². The third-order valence-corrected chi connectivity index (χ3v) is 8.82. The summed E-state index contributed by atoms with van der Waals surface area (Å²) >= 11 is 1.57. The molecule has 2 aromatic carbocycles. The van der Waals surface area contributed by atoms with Gasteiger partial charge in [-0.05, 0) is 92.1 Å². The van der Waals surface area contributed by atoms with Gasteiger partial charge in [0.25, 0.3) is 0 Å². The topological polar surface area (TPSA) is 62.5 Å². The lowest BCUT2D eigenvalue weighted by Crippen LogP contribution is -2.17. The molecule has 5 heteroatoms. The van der Waals surface area contributed by atoms with Gasteiger partial charge in [-0.3, -0.25) is 0 Å². The predicted molar refractivity (Wildman–Crippen MR) is 146 cm³/mol. The fraction of sp³-hybridized carbons (Fsp3) is 0.452. The Hall–Kier alpha value is -2.66. The van der Waals surface area contributed by atoms with Crippen LogP contribution in [0.4, 0.5) is 5.69 Å². The van der Waals surface area contributed by atoms with E-state index in [4.69, 9.17) is 4.42 Å². The zero-order chi connectivity index (χ0) is 24.6. The number of hydrogen-bond donors (Lipinski definition) is 2. The van der Waals surface area contributed by atoms with Crippen molar-refractivity contribution in [3.05, 3.63) is 87.5 Å². The summed E-state index contributed by atoms with van der Waals surface area (Å²) < 4.78 is 9.44. The van der Waals surface area contributed by atoms with Gasteiger partial charge in [-0.1, -0.05) is 55.5 Å². The van der Waals surface area contributed by atoms with Crippen LogP contribution in [-0.2, 0) is 0 Å². The van der Waals surface area contributed by atoms with Crippen molar-refractivity contribution in [1.29, 1.82) is 0 Å². The molecule has 3 aliphatic rings. The van der Waals surface area contributed by atoms with E-state index in [9.17, 15) is 9.90 Å². The monoisotopic (exact) mass is 501 g/mol. The molecule has 1 atom stereocenters. The van der Waals surface area contributed by atoms with Crippen molar-refractivity contribution in [1.82, 2.24) is 0 Å². The molecule has 0 radical (unpaired) electrons. The lowest BCUT2D eigenvalue weighted by Gasteiger charge is -2.21. The van der Waals surface area contributed by atoms with Crippen LogP contribution in [0.5, 0.6) is 5.75 Å². The van der Waals surface area contributed by atoms with E-state index < -0.39 is 0 Å². The van der Waals surface area contributed by atoms with Crippen molar-refractivity contribution < 1.29 is 9.52 Å². The second-order valence-electron chi connectivity index (χ2n) is 11.2. The maximum atomic E-state index is 13.4. The molecule has 0 amide bonds. The molecular weight excluding hydrogens is 466 g/mol. The maximum absolute atomic E-state index is 13.4. The van der Waals surface area contributed by atoms with Crippen LogP contribution in [0.1, 0.15) is 85.7 Å². The molecular formula is C31H35NO3S. The van der Waals surface area contributed by atoms with Gasteiger partial charge in [-0.25, -0.2) is 4.79 Å². The molecule has 0 spiro atoms. The molecule has 6 rings (SSSR count). The second-order valence-corrected chi connectivity index (χ2v) is 12.1. The molecule has 1 unspecified atom stereocenters. The van der Waals surface area contributed by atoms with Crippen LogP contribution in [0.25, 0.3) is 0 Å². The molecule has 0 bridgehead atoms. The second kappa shape index (κ2) is 10.0. The lowest BCUT2D eigenvalue weighted by molar-refractivity contribution is 0.357. The van der Waals surface area contributed by atoms with Gasteiger partial charge in [0.1, 0.15) is 11.5 Å². The first kappa shape index (κ1) is 23.7. The summed E-state index contributed by atoms with van der Waals surface area (Å²) in [5, 5.41) is 11.2. The maximum Gasteiger partial charge on any atom is 0.343 e. The Morgan fingerprint density at radius 3 is 2.28 bits per heavy atom. The Balaban J connectivity index is 1.25. The van der Waals surface area contributed by atoms with Crippen molar-refractivity contribution in [3.63, 3.8) is 0 Å². The first-order valence-electron chi connectivity index (χ1n) is 13.5. The normalized spacial score (nSPS) is 18.4. The predicted octanol–water partition coefficient (Wildman–Crippen LogP) is 8.00. The van der Waals surface area contributed by atoms with E-state index >= 15 is 0 Å². The summed E-state index contributed by atoms with van der Waals surface area (Å²) in [6.07, 6.45) is 9.42. The minimum Gasteiger partial charge on any atom is -0.507 e. The molecule has 3 fully saturated rings. The summed E-state index contributed by atoms with van der Waals surface area (Å²) in [5.41, 5.74) is 3.35. The van der Waals surface area contributed by atoms with Crippen molar-refractivity contribution in [2.45, 2.75) is 75.0 Å². The Morgan fingerprint density at radius 1 is 0.972 bits per heavy atom. The summed E-state index contributed by atoms with van der Waals surface area (Å²) in [6, 6.07) is 18.4. The molecule has 3 saturated carbocycles. The number of rotatable bonds is 11. The highest BCUT2D eigenvalue weighted by Gasteiger charge is 2.38. The van der Waals surface area contributed by atoms with Crippen molar-refractivity contribution >= 4 is 17.6 Å². The minimum atomic E-state index is -0.356. The first-order chi connectivity index (χ1) is 17.5. The summed E-state index contributed by atoms with van der Waals surface area (Å²) in [7, 11) is 0. The number of anilines is 1. The van der Waals surface area contributed by atoms with Crippen LogP contribution in [0.2, 0.25) is 0 Å². The Labute approximate surface area is 217 Å². The molecule has 0 saturated heterocycles. The Morgan fingerprint density at radius 2 is 1.67 bits per heavy atom. The standard InChI is InChI=1S/C31H35NO3S/c1-19-5-13-26(14-6-19)36-32-25-4-2-3-23(17-25)29(22-11-12-22)30-27(33)18-28(35-31(30)34)24(15-20-7-8-20)16-21-9-10-21/h2-6,13-14,17-18,20-22,24,29,32-33H,7-12,15-16H2,1H3. The largest absolute Gasteiger partial charge is 0.507 e. The highest BCUT2D eigenvalue weighted by Crippen LogP contribution is 2.49. The van der Waals surface area contributed by atoms with Gasteiger partial charge in [0.15, 0.2) is 0 Å². The summed E-state index contributed by atoms with van der Waals surface area (Å²) in [5.74, 6) is 2.79. The van der Waals surface area contributed by atoms with Gasteiger partial charge in [0.05, 0.1) is 5.56 Å². The van der Waals surface area contributed by atoms with Gasteiger partial charge >= 0.3 is 5.63 Å². The summed E-state index contributed by atoms with van der Waals surface area (Å²) in [4.78, 5) is 14.5. The fourth-order valence-electron chi connectivity index (χ4n) is 5.46. The molecule has 3 aromatic rings. The highest BCUT2D eigenvalue weighted by atomic mass is 32.2. The third-order valence-electron chi connectivity index (χ3n) is 7.98. The van der Waals surface area contributed by atoms with Gasteiger partial charge in [-0.15, -0.1) is 0 Å². The SMILES string of the molecule is Cc1ccc(SNc2cccc(C(c3c(O)cc(C(CC4CC4)CC4CC4)oc3=O)C3CC3)c2)cc1. The minimum absolute atomic E-state index is 0.113. The average molecular weight is 502 g/mol. The van der Waals surface area contributed by atoms with E-state index in [0.717, 1.165) is 53.7 Å². The van der Waals surface area contributed by atoms with Gasteiger partial charge in [-0.2, -0.15) is 0 Å². The zero-order valence-electron chi connectivity index (χ0n) is 20.9. The molecule has 1 heterocycles. The lowest BCUT2D eigenvalue weighted by atomic mass is 9.86. The molecule has 2 N–H and O–H groups in total. The van der Waals surface area contributed by atoms with Gasteiger partial charge in [0, 0.05) is 28.5 Å². The average Bonchev–Trinajstić information content (AvgIpc) is 3.71. The molecule has 4 nitrogen and oxygen atoms in total. The molecule has 188 valence electrons. The van der Waals surface area contributed by atoms with E-state index in [0.29, 0.717) is 17.2 Å². The smallest absolute Gasteiger partial charge is 0.343 e. The van der Waals surface area contributed by atoms with Crippen LogP contribution >= 0.6 is 11.9 Å². The van der Waals surface area contributed by atoms with E-state index in [1.54, 1.807) is 18.0 Å². The Kier molecular flexibility index (Phi) is 6.59. The number of hydrogen-bond acceptors (Lipinski definition) is 5. The third kappa shape index (κ3) is 5.67. The van der Waals surface area contributed by atoms with Crippen molar-refractivity contribution in [2.75, 3.05) is 4.72 Å². The number of aromatic hydroxyl groups is 1. The quantitative estimate of drug-likeness (QED) is 0.261. The van der Waals surface area contributed by atoms with Crippen LogP contribution in [0.15, 0.2) is 68.7 Å². The van der Waals surface area contributed by atoms with Gasteiger partial charge < -0.3 is 14.2 Å². The van der Waals surface area contributed by atoms with Crippen molar-refractivity contribution in [3.8, 4) is 5.75 Å². The van der Waals surface area contributed by atoms with E-state index in [-0.39, 0.29) is 23.2 Å². The van der Waals surface area contributed by atoms with Crippen LogP contribution in [0, 0.1) is 24.7 Å². The zero-order valence-corrected chi connectivity index (χ0v) is 21.7. The van der Waals surface area contributed by atoms with Crippen molar-refractivity contribution in [2.24, 2.45) is 17.8 Å². The summed E-state index contributed by atoms with van der Waals surface area (Å²) in [6.45, 7) is 2.09. The molecule has 1 aromatic heterocycles. The van der Waals surface area contributed by atoms with Crippen LogP contribution in [-0.4, -0.2) is 5.11 Å². The van der Waals surface area contributed by atoms with Crippen LogP contribution < -0.4 is 10.3 Å². The first-order valence-corrected chi connectivity index (χ1v) is 14.3. The van der Waals surface area contributed by atoms with Gasteiger partial charge in [0.2, 0.25) is 0 Å². The molecule has 36 heavy (non-hydrogen) atoms. The number of aryl methyl sites for hydroxylation is 1. The van der Waals surface area contributed by atoms with E-state index in [1.807, 2.05) is 12.1 Å². The van der Waals surface area contributed by atoms with Crippen LogP contribution in [0.3, 0.4) is 0 Å². The Bertz CT molecular complexity index is 1260. The highest BCUT2D eigenvalue weighted by molar-refractivity contribution is 8.00. The molecule has 0 aliphatic heterocycles. The number of nitrogens with one attached hydrogen (secondary N) is 1. The fourth-order valence-corrected chi connectivity index (χ4v) is 6.10.